The van der Waals surface area contributed by atoms with Crippen LogP contribution in [-0.2, 0) is 4.79 Å². The SMILES string of the molecule is COc1ccc(NC(=O)CC[NH+]2CCN(c3ccc(Cl)cc3)CC2)cc1. The average molecular weight is 375 g/mol. The monoisotopic (exact) mass is 374 g/mol. The van der Waals surface area contributed by atoms with Gasteiger partial charge in [-0.25, -0.2) is 0 Å². The fraction of sp³-hybridized carbons (Fsp3) is 0.350. The number of hydrogen-bond donors (Lipinski definition) is 2. The van der Waals surface area contributed by atoms with Gasteiger partial charge in [-0.3, -0.25) is 4.79 Å². The molecule has 1 fully saturated rings. The molecule has 0 aromatic heterocycles. The van der Waals surface area contributed by atoms with Gasteiger partial charge in [0.15, 0.2) is 0 Å². The van der Waals surface area contributed by atoms with Gasteiger partial charge in [0.1, 0.15) is 5.75 Å². The molecule has 3 rings (SSSR count). The summed E-state index contributed by atoms with van der Waals surface area (Å²) < 4.78 is 5.12. The van der Waals surface area contributed by atoms with Crippen LogP contribution in [0.15, 0.2) is 48.5 Å². The lowest BCUT2D eigenvalue weighted by Crippen LogP contribution is -3.15. The van der Waals surface area contributed by atoms with Gasteiger partial charge in [0.05, 0.1) is 46.3 Å². The largest absolute Gasteiger partial charge is 0.497 e. The van der Waals surface area contributed by atoms with Crippen molar-refractivity contribution in [2.24, 2.45) is 0 Å². The highest BCUT2D eigenvalue weighted by molar-refractivity contribution is 6.30. The fourth-order valence-electron chi connectivity index (χ4n) is 3.17. The van der Waals surface area contributed by atoms with Crippen molar-refractivity contribution in [3.63, 3.8) is 0 Å². The van der Waals surface area contributed by atoms with E-state index in [1.165, 1.54) is 10.6 Å². The normalized spacial score (nSPS) is 14.9. The first-order chi connectivity index (χ1) is 12.6. The number of quaternary nitrogens is 1. The maximum Gasteiger partial charge on any atom is 0.230 e. The van der Waals surface area contributed by atoms with Crippen LogP contribution in [-0.4, -0.2) is 45.7 Å². The van der Waals surface area contributed by atoms with E-state index in [0.717, 1.165) is 49.2 Å². The summed E-state index contributed by atoms with van der Waals surface area (Å²) in [5, 5.41) is 3.71. The molecule has 2 N–H and O–H groups in total. The van der Waals surface area contributed by atoms with Gasteiger partial charge < -0.3 is 19.9 Å². The summed E-state index contributed by atoms with van der Waals surface area (Å²) in [6, 6.07) is 15.4. The molecule has 1 amide bonds. The first kappa shape index (κ1) is 18.5. The summed E-state index contributed by atoms with van der Waals surface area (Å²) in [5.41, 5.74) is 2.02. The number of carbonyl (C=O) groups excluding carboxylic acids is 1. The second-order valence-corrected chi connectivity index (χ2v) is 6.93. The molecule has 1 heterocycles. The molecule has 5 nitrogen and oxygen atoms in total. The van der Waals surface area contributed by atoms with Gasteiger partial charge in [0.25, 0.3) is 0 Å². The Morgan fingerprint density at radius 3 is 2.38 bits per heavy atom. The van der Waals surface area contributed by atoms with Gasteiger partial charge in [-0.05, 0) is 48.5 Å². The van der Waals surface area contributed by atoms with Crippen LogP contribution in [0.5, 0.6) is 5.75 Å². The molecule has 0 unspecified atom stereocenters. The number of hydrogen-bond acceptors (Lipinski definition) is 3. The van der Waals surface area contributed by atoms with E-state index in [9.17, 15) is 4.79 Å². The molecule has 0 radical (unpaired) electrons. The Morgan fingerprint density at radius 2 is 1.77 bits per heavy atom. The van der Waals surface area contributed by atoms with Crippen LogP contribution in [0, 0.1) is 0 Å². The molecule has 2 aromatic carbocycles. The molecule has 1 aliphatic heterocycles. The van der Waals surface area contributed by atoms with Crippen molar-refractivity contribution in [3.05, 3.63) is 53.6 Å². The Labute approximate surface area is 159 Å². The van der Waals surface area contributed by atoms with E-state index in [1.54, 1.807) is 7.11 Å². The molecule has 0 aliphatic carbocycles. The molecule has 0 saturated carbocycles. The Bertz CT molecular complexity index is 711. The summed E-state index contributed by atoms with van der Waals surface area (Å²) in [6.45, 7) is 4.93. The predicted octanol–water partition coefficient (Wildman–Crippen LogP) is 2.08. The Morgan fingerprint density at radius 1 is 1.12 bits per heavy atom. The molecular weight excluding hydrogens is 350 g/mol. The maximum absolute atomic E-state index is 12.1. The number of nitrogens with zero attached hydrogens (tertiary/aromatic N) is 1. The van der Waals surface area contributed by atoms with Crippen molar-refractivity contribution in [1.29, 1.82) is 0 Å². The van der Waals surface area contributed by atoms with E-state index >= 15 is 0 Å². The number of ether oxygens (including phenoxy) is 1. The van der Waals surface area contributed by atoms with E-state index in [-0.39, 0.29) is 5.91 Å². The minimum Gasteiger partial charge on any atom is -0.497 e. The highest BCUT2D eigenvalue weighted by atomic mass is 35.5. The zero-order valence-electron chi connectivity index (χ0n) is 15.0. The van der Waals surface area contributed by atoms with E-state index in [4.69, 9.17) is 16.3 Å². The van der Waals surface area contributed by atoms with Crippen molar-refractivity contribution in [2.75, 3.05) is 50.1 Å². The summed E-state index contributed by atoms with van der Waals surface area (Å²) in [6.07, 6.45) is 0.530. The minimum absolute atomic E-state index is 0.0581. The Kier molecular flexibility index (Phi) is 6.36. The van der Waals surface area contributed by atoms with Crippen molar-refractivity contribution in [2.45, 2.75) is 6.42 Å². The van der Waals surface area contributed by atoms with Crippen molar-refractivity contribution in [3.8, 4) is 5.75 Å². The Balaban J connectivity index is 1.40. The molecule has 1 saturated heterocycles. The highest BCUT2D eigenvalue weighted by Crippen LogP contribution is 2.18. The number of anilines is 2. The van der Waals surface area contributed by atoms with E-state index < -0.39 is 0 Å². The number of methoxy groups -OCH3 is 1. The van der Waals surface area contributed by atoms with Crippen LogP contribution in [0.3, 0.4) is 0 Å². The van der Waals surface area contributed by atoms with Gasteiger partial charge in [-0.15, -0.1) is 0 Å². The first-order valence-electron chi connectivity index (χ1n) is 8.92. The van der Waals surface area contributed by atoms with Crippen LogP contribution in [0.4, 0.5) is 11.4 Å². The van der Waals surface area contributed by atoms with Crippen molar-refractivity contribution < 1.29 is 14.4 Å². The lowest BCUT2D eigenvalue weighted by Gasteiger charge is -2.33. The zero-order valence-corrected chi connectivity index (χ0v) is 15.8. The molecule has 2 aromatic rings. The van der Waals surface area contributed by atoms with Gasteiger partial charge in [-0.2, -0.15) is 0 Å². The topological polar surface area (TPSA) is 46.0 Å². The molecule has 1 aliphatic rings. The standard InChI is InChI=1S/C20H24ClN3O2/c1-26-19-8-4-17(5-9-19)22-20(25)10-11-23-12-14-24(15-13-23)18-6-2-16(21)3-7-18/h2-9H,10-15H2,1H3,(H,22,25)/p+1. The van der Waals surface area contributed by atoms with Crippen LogP contribution >= 0.6 is 11.6 Å². The van der Waals surface area contributed by atoms with E-state index in [1.807, 2.05) is 36.4 Å². The Hall–Kier alpha value is -2.24. The number of halogens is 1. The highest BCUT2D eigenvalue weighted by Gasteiger charge is 2.20. The summed E-state index contributed by atoms with van der Waals surface area (Å²) >= 11 is 5.95. The predicted molar refractivity (Wildman–Crippen MR) is 105 cm³/mol. The zero-order chi connectivity index (χ0) is 18.4. The molecule has 138 valence electrons. The summed E-state index contributed by atoms with van der Waals surface area (Å²) in [5.74, 6) is 0.841. The molecule has 0 spiro atoms. The second kappa shape index (κ2) is 8.92. The third kappa shape index (κ3) is 5.13. The number of amides is 1. The summed E-state index contributed by atoms with van der Waals surface area (Å²) in [4.78, 5) is 16.0. The average Bonchev–Trinajstić information content (AvgIpc) is 2.68. The van der Waals surface area contributed by atoms with E-state index in [2.05, 4.69) is 22.3 Å². The molecule has 26 heavy (non-hydrogen) atoms. The van der Waals surface area contributed by atoms with Gasteiger partial charge in [-0.1, -0.05) is 11.6 Å². The lowest BCUT2D eigenvalue weighted by molar-refractivity contribution is -0.900. The molecule has 0 bridgehead atoms. The van der Waals surface area contributed by atoms with Crippen molar-refractivity contribution in [1.82, 2.24) is 0 Å². The quantitative estimate of drug-likeness (QED) is 0.813. The molecular formula is C20H25ClN3O2+. The number of carbonyl (C=O) groups is 1. The van der Waals surface area contributed by atoms with Gasteiger partial charge in [0, 0.05) is 16.4 Å². The fourth-order valence-corrected chi connectivity index (χ4v) is 3.30. The maximum atomic E-state index is 12.1. The number of nitrogens with one attached hydrogen (secondary N) is 2. The minimum atomic E-state index is 0.0581. The number of rotatable bonds is 6. The van der Waals surface area contributed by atoms with Gasteiger partial charge in [0.2, 0.25) is 5.91 Å². The third-order valence-corrected chi connectivity index (χ3v) is 4.99. The smallest absolute Gasteiger partial charge is 0.230 e. The second-order valence-electron chi connectivity index (χ2n) is 6.49. The molecule has 6 heteroatoms. The van der Waals surface area contributed by atoms with Crippen LogP contribution < -0.4 is 19.9 Å². The lowest BCUT2D eigenvalue weighted by atomic mass is 10.2. The van der Waals surface area contributed by atoms with E-state index in [0.29, 0.717) is 6.42 Å². The van der Waals surface area contributed by atoms with Crippen LogP contribution in [0.25, 0.3) is 0 Å². The molecule has 0 atom stereocenters. The first-order valence-corrected chi connectivity index (χ1v) is 9.30. The van der Waals surface area contributed by atoms with Crippen LogP contribution in [0.1, 0.15) is 6.42 Å². The summed E-state index contributed by atoms with van der Waals surface area (Å²) in [7, 11) is 1.63. The van der Waals surface area contributed by atoms with Crippen LogP contribution in [0.2, 0.25) is 5.02 Å². The van der Waals surface area contributed by atoms with Gasteiger partial charge >= 0.3 is 0 Å². The number of piperazine rings is 1. The number of benzene rings is 2. The van der Waals surface area contributed by atoms with Crippen molar-refractivity contribution >= 4 is 28.9 Å². The third-order valence-electron chi connectivity index (χ3n) is 4.74.